The van der Waals surface area contributed by atoms with Gasteiger partial charge in [0.25, 0.3) is 0 Å². The van der Waals surface area contributed by atoms with Crippen molar-refractivity contribution in [1.82, 2.24) is 0 Å². The van der Waals surface area contributed by atoms with Crippen LogP contribution in [0.3, 0.4) is 0 Å². The summed E-state index contributed by atoms with van der Waals surface area (Å²) in [5.41, 5.74) is 0.195. The van der Waals surface area contributed by atoms with Crippen LogP contribution in [0.4, 0.5) is 0 Å². The molecule has 0 spiro atoms. The maximum absolute atomic E-state index is 11.6. The fourth-order valence-electron chi connectivity index (χ4n) is 1.62. The van der Waals surface area contributed by atoms with E-state index in [9.17, 15) is 9.90 Å². The summed E-state index contributed by atoms with van der Waals surface area (Å²) in [5.74, 6) is -0.143. The molecule has 1 N–H and O–H groups in total. The van der Waals surface area contributed by atoms with Crippen molar-refractivity contribution in [3.8, 4) is 0 Å². The van der Waals surface area contributed by atoms with Gasteiger partial charge >= 0.3 is 5.97 Å². The minimum Gasteiger partial charge on any atom is -0.465 e. The minimum atomic E-state index is -0.693. The van der Waals surface area contributed by atoms with Crippen molar-refractivity contribution < 1.29 is 14.6 Å². The number of esters is 1. The third kappa shape index (κ3) is 10.1. The topological polar surface area (TPSA) is 46.5 Å². The molecule has 0 aromatic rings. The van der Waals surface area contributed by atoms with Crippen molar-refractivity contribution in [3.63, 3.8) is 0 Å². The van der Waals surface area contributed by atoms with Crippen molar-refractivity contribution in [2.24, 2.45) is 5.41 Å². The molecule has 4 heteroatoms. The molecule has 0 amide bonds. The Labute approximate surface area is 138 Å². The van der Waals surface area contributed by atoms with Gasteiger partial charge in [0.15, 0.2) is 0 Å². The zero-order valence-electron chi connectivity index (χ0n) is 14.3. The van der Waals surface area contributed by atoms with E-state index in [2.05, 4.69) is 28.9 Å². The molecule has 3 nitrogen and oxygen atoms in total. The Morgan fingerprint density at radius 1 is 1.29 bits per heavy atom. The van der Waals surface area contributed by atoms with Crippen molar-refractivity contribution >= 4 is 21.9 Å². The number of halogens is 1. The monoisotopic (exact) mass is 362 g/mol. The highest BCUT2D eigenvalue weighted by molar-refractivity contribution is 9.09. The first-order valence-electron chi connectivity index (χ1n) is 7.64. The molecule has 0 aliphatic rings. The SMILES string of the molecule is CC(=CCCCOC(=O)C(C)(C)C)CCC(Br)C(C)(C)O. The van der Waals surface area contributed by atoms with Crippen LogP contribution in [0.5, 0.6) is 0 Å². The Balaban J connectivity index is 3.87. The Bertz CT molecular complexity index is 348. The summed E-state index contributed by atoms with van der Waals surface area (Å²) in [7, 11) is 0. The second kappa shape index (κ2) is 8.94. The summed E-state index contributed by atoms with van der Waals surface area (Å²) in [6, 6.07) is 0. The van der Waals surface area contributed by atoms with Gasteiger partial charge in [-0.15, -0.1) is 0 Å². The van der Waals surface area contributed by atoms with Crippen LogP contribution in [0.25, 0.3) is 0 Å². The molecular weight excluding hydrogens is 332 g/mol. The number of alkyl halides is 1. The molecule has 0 aliphatic heterocycles. The van der Waals surface area contributed by atoms with Gasteiger partial charge in [0, 0.05) is 4.83 Å². The van der Waals surface area contributed by atoms with Crippen molar-refractivity contribution in [2.45, 2.75) is 77.7 Å². The van der Waals surface area contributed by atoms with E-state index in [1.54, 1.807) is 0 Å². The van der Waals surface area contributed by atoms with E-state index in [1.807, 2.05) is 34.6 Å². The van der Waals surface area contributed by atoms with Gasteiger partial charge in [-0.1, -0.05) is 27.6 Å². The lowest BCUT2D eigenvalue weighted by Gasteiger charge is -2.24. The number of hydrogen-bond acceptors (Lipinski definition) is 3. The number of carbonyl (C=O) groups excluding carboxylic acids is 1. The molecule has 0 fully saturated rings. The molecule has 0 saturated carbocycles. The summed E-state index contributed by atoms with van der Waals surface area (Å²) in [6.07, 6.45) is 5.82. The first-order valence-corrected chi connectivity index (χ1v) is 8.55. The number of rotatable bonds is 8. The Kier molecular flexibility index (Phi) is 8.79. The highest BCUT2D eigenvalue weighted by Gasteiger charge is 2.23. The van der Waals surface area contributed by atoms with Crippen molar-refractivity contribution in [2.75, 3.05) is 6.61 Å². The zero-order valence-corrected chi connectivity index (χ0v) is 15.9. The second-order valence-corrected chi connectivity index (χ2v) is 8.34. The molecule has 0 aromatic carbocycles. The lowest BCUT2D eigenvalue weighted by molar-refractivity contribution is -0.153. The van der Waals surface area contributed by atoms with Crippen LogP contribution in [-0.4, -0.2) is 28.1 Å². The van der Waals surface area contributed by atoms with Crippen molar-refractivity contribution in [1.29, 1.82) is 0 Å². The molecule has 21 heavy (non-hydrogen) atoms. The highest BCUT2D eigenvalue weighted by atomic mass is 79.9. The van der Waals surface area contributed by atoms with Crippen LogP contribution >= 0.6 is 15.9 Å². The number of aliphatic hydroxyl groups is 1. The molecule has 0 aromatic heterocycles. The molecule has 0 rings (SSSR count). The molecule has 0 radical (unpaired) electrons. The summed E-state index contributed by atoms with van der Waals surface area (Å²) in [6.45, 7) is 11.8. The summed E-state index contributed by atoms with van der Waals surface area (Å²) < 4.78 is 5.22. The number of hydrogen-bond donors (Lipinski definition) is 1. The van der Waals surface area contributed by atoms with Gasteiger partial charge in [-0.05, 0) is 67.2 Å². The quantitative estimate of drug-likeness (QED) is 0.296. The van der Waals surface area contributed by atoms with Crippen LogP contribution in [0, 0.1) is 5.41 Å². The van der Waals surface area contributed by atoms with E-state index in [0.717, 1.165) is 25.7 Å². The average Bonchev–Trinajstić information content (AvgIpc) is 2.32. The maximum Gasteiger partial charge on any atom is 0.311 e. The second-order valence-electron chi connectivity index (χ2n) is 7.24. The fourth-order valence-corrected chi connectivity index (χ4v) is 1.85. The smallest absolute Gasteiger partial charge is 0.311 e. The maximum atomic E-state index is 11.6. The van der Waals surface area contributed by atoms with Gasteiger partial charge in [0.2, 0.25) is 0 Å². The van der Waals surface area contributed by atoms with Crippen LogP contribution in [0.15, 0.2) is 11.6 Å². The summed E-state index contributed by atoms with van der Waals surface area (Å²) in [5, 5.41) is 9.85. The van der Waals surface area contributed by atoms with Gasteiger partial charge in [0.1, 0.15) is 0 Å². The predicted octanol–water partition coefficient (Wildman–Crippen LogP) is 4.62. The molecule has 0 heterocycles. The van der Waals surface area contributed by atoms with E-state index < -0.39 is 11.0 Å². The Morgan fingerprint density at radius 2 is 1.86 bits per heavy atom. The number of unbranched alkanes of at least 4 members (excludes halogenated alkanes) is 1. The standard InChI is InChI=1S/C17H31BrO3/c1-13(10-11-14(18)17(5,6)20)9-7-8-12-21-15(19)16(2,3)4/h9,14,20H,7-8,10-12H2,1-6H3. The van der Waals surface area contributed by atoms with E-state index in [0.29, 0.717) is 6.61 Å². The van der Waals surface area contributed by atoms with Gasteiger partial charge in [-0.3, -0.25) is 4.79 Å². The predicted molar refractivity (Wildman–Crippen MR) is 91.7 cm³/mol. The van der Waals surface area contributed by atoms with Crippen LogP contribution in [0.1, 0.15) is 67.2 Å². The minimum absolute atomic E-state index is 0.0982. The van der Waals surface area contributed by atoms with Crippen LogP contribution in [0.2, 0.25) is 0 Å². The van der Waals surface area contributed by atoms with E-state index >= 15 is 0 Å². The van der Waals surface area contributed by atoms with Gasteiger partial charge < -0.3 is 9.84 Å². The largest absolute Gasteiger partial charge is 0.465 e. The molecule has 1 atom stereocenters. The van der Waals surface area contributed by atoms with E-state index in [-0.39, 0.29) is 10.8 Å². The Hall–Kier alpha value is -0.350. The number of allylic oxidation sites excluding steroid dienone is 2. The summed E-state index contributed by atoms with van der Waals surface area (Å²) in [4.78, 5) is 11.7. The summed E-state index contributed by atoms with van der Waals surface area (Å²) >= 11 is 3.52. The van der Waals surface area contributed by atoms with Gasteiger partial charge in [-0.25, -0.2) is 0 Å². The zero-order chi connectivity index (χ0) is 16.7. The molecular formula is C17H31BrO3. The molecule has 0 saturated heterocycles. The first-order chi connectivity index (χ1) is 9.44. The molecule has 1 unspecified atom stereocenters. The normalized spacial score (nSPS) is 15.0. The average molecular weight is 363 g/mol. The van der Waals surface area contributed by atoms with Gasteiger partial charge in [-0.2, -0.15) is 0 Å². The number of carbonyl (C=O) groups is 1. The lowest BCUT2D eigenvalue weighted by atomic mass is 9.97. The van der Waals surface area contributed by atoms with Gasteiger partial charge in [0.05, 0.1) is 17.6 Å². The van der Waals surface area contributed by atoms with Crippen LogP contribution < -0.4 is 0 Å². The van der Waals surface area contributed by atoms with E-state index in [1.165, 1.54) is 5.57 Å². The van der Waals surface area contributed by atoms with Crippen LogP contribution in [-0.2, 0) is 9.53 Å². The highest BCUT2D eigenvalue weighted by Crippen LogP contribution is 2.23. The third-order valence-corrected chi connectivity index (χ3v) is 4.82. The fraction of sp³-hybridized carbons (Fsp3) is 0.824. The number of ether oxygens (including phenoxy) is 1. The molecule has 0 bridgehead atoms. The van der Waals surface area contributed by atoms with Crippen molar-refractivity contribution in [3.05, 3.63) is 11.6 Å². The molecule has 124 valence electrons. The first kappa shape index (κ1) is 20.6. The lowest BCUT2D eigenvalue weighted by Crippen LogP contribution is -2.31. The molecule has 0 aliphatic carbocycles. The third-order valence-electron chi connectivity index (χ3n) is 3.25. The Morgan fingerprint density at radius 3 is 2.33 bits per heavy atom. The van der Waals surface area contributed by atoms with E-state index in [4.69, 9.17) is 4.74 Å².